The number of benzene rings is 1. The van der Waals surface area contributed by atoms with Crippen molar-refractivity contribution < 1.29 is 13.9 Å². The molecule has 0 aliphatic carbocycles. The Kier molecular flexibility index (Phi) is 2.48. The highest BCUT2D eigenvalue weighted by Crippen LogP contribution is 2.24. The molecule has 0 radical (unpaired) electrons. The summed E-state index contributed by atoms with van der Waals surface area (Å²) in [6, 6.07) is 3.75. The summed E-state index contributed by atoms with van der Waals surface area (Å²) in [7, 11) is 0. The SMILES string of the molecule is O[C@H]1CN[C@H](c2ccc(F)c(F)c2)C1. The van der Waals surface area contributed by atoms with E-state index in [0.29, 0.717) is 18.5 Å². The van der Waals surface area contributed by atoms with Crippen LogP contribution in [-0.4, -0.2) is 17.8 Å². The molecule has 2 nitrogen and oxygen atoms in total. The minimum Gasteiger partial charge on any atom is -0.392 e. The van der Waals surface area contributed by atoms with E-state index >= 15 is 0 Å². The van der Waals surface area contributed by atoms with Gasteiger partial charge in [-0.2, -0.15) is 0 Å². The van der Waals surface area contributed by atoms with E-state index in [2.05, 4.69) is 5.32 Å². The van der Waals surface area contributed by atoms with Crippen LogP contribution >= 0.6 is 0 Å². The number of hydrogen-bond donors (Lipinski definition) is 2. The van der Waals surface area contributed by atoms with E-state index < -0.39 is 17.7 Å². The molecule has 2 atom stereocenters. The van der Waals surface area contributed by atoms with E-state index in [1.165, 1.54) is 12.1 Å². The Hall–Kier alpha value is -1.00. The maximum atomic E-state index is 12.9. The van der Waals surface area contributed by atoms with E-state index in [1.54, 1.807) is 0 Å². The molecule has 76 valence electrons. The van der Waals surface area contributed by atoms with Gasteiger partial charge >= 0.3 is 0 Å². The lowest BCUT2D eigenvalue weighted by atomic mass is 10.0. The third kappa shape index (κ3) is 1.76. The van der Waals surface area contributed by atoms with Gasteiger partial charge in [0.05, 0.1) is 6.10 Å². The molecule has 1 aromatic carbocycles. The van der Waals surface area contributed by atoms with E-state index in [1.807, 2.05) is 0 Å². The third-order valence-electron chi connectivity index (χ3n) is 2.45. The summed E-state index contributed by atoms with van der Waals surface area (Å²) in [6.45, 7) is 0.504. The van der Waals surface area contributed by atoms with Gasteiger partial charge in [0, 0.05) is 12.6 Å². The minimum atomic E-state index is -0.842. The fourth-order valence-electron chi connectivity index (χ4n) is 1.70. The lowest BCUT2D eigenvalue weighted by Crippen LogP contribution is -2.15. The normalized spacial score (nSPS) is 26.8. The summed E-state index contributed by atoms with van der Waals surface area (Å²) in [5.74, 6) is -1.68. The van der Waals surface area contributed by atoms with Crippen LogP contribution in [0.5, 0.6) is 0 Å². The Morgan fingerprint density at radius 3 is 2.64 bits per heavy atom. The number of aliphatic hydroxyl groups excluding tert-OH is 1. The molecule has 4 heteroatoms. The van der Waals surface area contributed by atoms with Crippen LogP contribution in [0.25, 0.3) is 0 Å². The van der Waals surface area contributed by atoms with Gasteiger partial charge < -0.3 is 10.4 Å². The number of hydrogen-bond acceptors (Lipinski definition) is 2. The minimum absolute atomic E-state index is 0.0694. The summed E-state index contributed by atoms with van der Waals surface area (Å²) in [6.07, 6.45) is 0.151. The predicted octanol–water partition coefficient (Wildman–Crippen LogP) is 1.36. The van der Waals surface area contributed by atoms with Crippen LogP contribution in [0.2, 0.25) is 0 Å². The molecule has 1 saturated heterocycles. The number of aliphatic hydroxyl groups is 1. The highest BCUT2D eigenvalue weighted by Gasteiger charge is 2.23. The molecular weight excluding hydrogens is 188 g/mol. The first-order valence-corrected chi connectivity index (χ1v) is 4.53. The molecule has 1 aliphatic rings. The zero-order valence-corrected chi connectivity index (χ0v) is 7.50. The average molecular weight is 199 g/mol. The van der Waals surface area contributed by atoms with Gasteiger partial charge in [0.2, 0.25) is 0 Å². The van der Waals surface area contributed by atoms with E-state index in [4.69, 9.17) is 0 Å². The molecule has 2 N–H and O–H groups in total. The van der Waals surface area contributed by atoms with Gasteiger partial charge in [-0.25, -0.2) is 8.78 Å². The largest absolute Gasteiger partial charge is 0.392 e. The maximum Gasteiger partial charge on any atom is 0.159 e. The van der Waals surface area contributed by atoms with Crippen molar-refractivity contribution in [1.82, 2.24) is 5.32 Å². The lowest BCUT2D eigenvalue weighted by molar-refractivity contribution is 0.193. The second-order valence-electron chi connectivity index (χ2n) is 3.52. The molecule has 1 heterocycles. The van der Waals surface area contributed by atoms with Gasteiger partial charge in [-0.05, 0) is 24.1 Å². The third-order valence-corrected chi connectivity index (χ3v) is 2.45. The fourth-order valence-corrected chi connectivity index (χ4v) is 1.70. The van der Waals surface area contributed by atoms with Crippen molar-refractivity contribution in [1.29, 1.82) is 0 Å². The molecule has 14 heavy (non-hydrogen) atoms. The average Bonchev–Trinajstić information content (AvgIpc) is 2.57. The number of rotatable bonds is 1. The van der Waals surface area contributed by atoms with Gasteiger partial charge in [0.1, 0.15) is 0 Å². The van der Waals surface area contributed by atoms with Crippen molar-refractivity contribution in [3.63, 3.8) is 0 Å². The second kappa shape index (κ2) is 3.63. The van der Waals surface area contributed by atoms with Crippen LogP contribution in [0, 0.1) is 11.6 Å². The smallest absolute Gasteiger partial charge is 0.159 e. The Morgan fingerprint density at radius 1 is 1.29 bits per heavy atom. The summed E-state index contributed by atoms with van der Waals surface area (Å²) >= 11 is 0. The Labute approximate surface area is 80.6 Å². The van der Waals surface area contributed by atoms with E-state index in [9.17, 15) is 13.9 Å². The molecule has 1 aliphatic heterocycles. The zero-order valence-electron chi connectivity index (χ0n) is 7.50. The van der Waals surface area contributed by atoms with Crippen LogP contribution < -0.4 is 5.32 Å². The summed E-state index contributed by atoms with van der Waals surface area (Å²) in [5.41, 5.74) is 0.681. The molecular formula is C10H11F2NO. The van der Waals surface area contributed by atoms with Crippen molar-refractivity contribution in [3.05, 3.63) is 35.4 Å². The standard InChI is InChI=1S/C10H11F2NO/c11-8-2-1-6(3-9(8)12)10-4-7(14)5-13-10/h1-3,7,10,13-14H,4-5H2/t7-,10+/m1/s1. The van der Waals surface area contributed by atoms with Crippen molar-refractivity contribution in [2.24, 2.45) is 0 Å². The molecule has 0 amide bonds. The summed E-state index contributed by atoms with van der Waals surface area (Å²) < 4.78 is 25.5. The highest BCUT2D eigenvalue weighted by atomic mass is 19.2. The van der Waals surface area contributed by atoms with Crippen molar-refractivity contribution in [2.45, 2.75) is 18.6 Å². The van der Waals surface area contributed by atoms with Gasteiger partial charge in [0.15, 0.2) is 11.6 Å². The van der Waals surface area contributed by atoms with Crippen molar-refractivity contribution in [3.8, 4) is 0 Å². The lowest BCUT2D eigenvalue weighted by Gasteiger charge is -2.10. The van der Waals surface area contributed by atoms with Gasteiger partial charge in [0.25, 0.3) is 0 Å². The second-order valence-corrected chi connectivity index (χ2v) is 3.52. The molecule has 0 unspecified atom stereocenters. The number of halogens is 2. The monoisotopic (exact) mass is 199 g/mol. The van der Waals surface area contributed by atoms with Gasteiger partial charge in [-0.1, -0.05) is 6.07 Å². The topological polar surface area (TPSA) is 32.3 Å². The summed E-state index contributed by atoms with van der Waals surface area (Å²) in [4.78, 5) is 0. The fraction of sp³-hybridized carbons (Fsp3) is 0.400. The first-order valence-electron chi connectivity index (χ1n) is 4.53. The quantitative estimate of drug-likeness (QED) is 0.715. The van der Waals surface area contributed by atoms with E-state index in [0.717, 1.165) is 6.07 Å². The molecule has 0 spiro atoms. The molecule has 1 fully saturated rings. The molecule has 0 bridgehead atoms. The van der Waals surface area contributed by atoms with Gasteiger partial charge in [-0.15, -0.1) is 0 Å². The zero-order chi connectivity index (χ0) is 10.1. The van der Waals surface area contributed by atoms with Crippen LogP contribution in [-0.2, 0) is 0 Å². The van der Waals surface area contributed by atoms with Crippen LogP contribution in [0.15, 0.2) is 18.2 Å². The predicted molar refractivity (Wildman–Crippen MR) is 47.7 cm³/mol. The van der Waals surface area contributed by atoms with Crippen LogP contribution in [0.4, 0.5) is 8.78 Å². The molecule has 0 saturated carbocycles. The van der Waals surface area contributed by atoms with Crippen molar-refractivity contribution >= 4 is 0 Å². The first kappa shape index (κ1) is 9.55. The number of β-amino-alcohol motifs (C(OH)–C–C–N with tert-alkyl or cyclic N) is 1. The Balaban J connectivity index is 2.20. The maximum absolute atomic E-state index is 12.9. The Bertz CT molecular complexity index is 343. The molecule has 1 aromatic rings. The highest BCUT2D eigenvalue weighted by molar-refractivity contribution is 5.22. The van der Waals surface area contributed by atoms with Crippen LogP contribution in [0.1, 0.15) is 18.0 Å². The van der Waals surface area contributed by atoms with Crippen molar-refractivity contribution in [2.75, 3.05) is 6.54 Å². The Morgan fingerprint density at radius 2 is 2.07 bits per heavy atom. The first-order chi connectivity index (χ1) is 6.66. The molecule has 2 rings (SSSR count). The number of nitrogens with one attached hydrogen (secondary N) is 1. The summed E-state index contributed by atoms with van der Waals surface area (Å²) in [5, 5.41) is 12.3. The molecule has 0 aromatic heterocycles. The van der Waals surface area contributed by atoms with E-state index in [-0.39, 0.29) is 6.04 Å². The van der Waals surface area contributed by atoms with Crippen LogP contribution in [0.3, 0.4) is 0 Å². The van der Waals surface area contributed by atoms with Gasteiger partial charge in [-0.3, -0.25) is 0 Å².